The number of rotatable bonds is 6. The van der Waals surface area contributed by atoms with Gasteiger partial charge in [0.25, 0.3) is 0 Å². The second-order valence-electron chi connectivity index (χ2n) is 5.63. The van der Waals surface area contributed by atoms with Gasteiger partial charge in [0, 0.05) is 26.2 Å². The molecular weight excluding hydrogens is 266 g/mol. The lowest BCUT2D eigenvalue weighted by atomic mass is 10.1. The van der Waals surface area contributed by atoms with Crippen LogP contribution in [0.25, 0.3) is 0 Å². The largest absolute Gasteiger partial charge is 0.378 e. The highest BCUT2D eigenvalue weighted by Gasteiger charge is 2.26. The summed E-state index contributed by atoms with van der Waals surface area (Å²) in [6, 6.07) is 9.90. The Hall–Kier alpha value is -1.43. The first-order chi connectivity index (χ1) is 10.2. The Kier molecular flexibility index (Phi) is 6.17. The van der Waals surface area contributed by atoms with Crippen LogP contribution in [-0.4, -0.2) is 68.7 Å². The molecule has 0 bridgehead atoms. The molecule has 2 rings (SSSR count). The fourth-order valence-corrected chi connectivity index (χ4v) is 2.34. The number of amides is 1. The van der Waals surface area contributed by atoms with Crippen LogP contribution in [0.4, 0.5) is 0 Å². The van der Waals surface area contributed by atoms with E-state index in [1.54, 1.807) is 0 Å². The van der Waals surface area contributed by atoms with Gasteiger partial charge in [-0.2, -0.15) is 0 Å². The Morgan fingerprint density at radius 2 is 2.05 bits per heavy atom. The minimum atomic E-state index is -0.218. The monoisotopic (exact) mass is 291 g/mol. The van der Waals surface area contributed by atoms with E-state index in [-0.39, 0.29) is 11.9 Å². The van der Waals surface area contributed by atoms with Gasteiger partial charge in [0.1, 0.15) is 6.04 Å². The van der Waals surface area contributed by atoms with Crippen LogP contribution < -0.4 is 5.32 Å². The number of nitrogens with zero attached hydrogens (tertiary/aromatic N) is 2. The van der Waals surface area contributed by atoms with Gasteiger partial charge in [0.2, 0.25) is 5.91 Å². The van der Waals surface area contributed by atoms with E-state index >= 15 is 0 Å². The predicted molar refractivity (Wildman–Crippen MR) is 83.0 cm³/mol. The zero-order valence-corrected chi connectivity index (χ0v) is 12.9. The lowest BCUT2D eigenvalue weighted by molar-refractivity contribution is -0.137. The van der Waals surface area contributed by atoms with Gasteiger partial charge >= 0.3 is 0 Å². The molecule has 0 spiro atoms. The highest BCUT2D eigenvalue weighted by Crippen LogP contribution is 2.08. The molecule has 1 unspecified atom stereocenters. The maximum Gasteiger partial charge on any atom is 0.242 e. The van der Waals surface area contributed by atoms with E-state index in [2.05, 4.69) is 22.3 Å². The second-order valence-corrected chi connectivity index (χ2v) is 5.63. The molecule has 1 atom stereocenters. The summed E-state index contributed by atoms with van der Waals surface area (Å²) in [5, 5.41) is 3.24. The first-order valence-electron chi connectivity index (χ1n) is 7.45. The average Bonchev–Trinajstić information content (AvgIpc) is 2.52. The van der Waals surface area contributed by atoms with Crippen molar-refractivity contribution in [2.24, 2.45) is 0 Å². The normalized spacial score (nSPS) is 18.7. The summed E-state index contributed by atoms with van der Waals surface area (Å²) >= 11 is 0. The van der Waals surface area contributed by atoms with E-state index < -0.39 is 0 Å². The van der Waals surface area contributed by atoms with Crippen LogP contribution in [0.1, 0.15) is 5.56 Å². The van der Waals surface area contributed by atoms with E-state index in [1.807, 2.05) is 37.2 Å². The van der Waals surface area contributed by atoms with E-state index in [1.165, 1.54) is 0 Å². The third-order valence-electron chi connectivity index (χ3n) is 3.56. The fourth-order valence-electron chi connectivity index (χ4n) is 2.34. The lowest BCUT2D eigenvalue weighted by Crippen LogP contribution is -2.53. The number of hydrogen-bond donors (Lipinski definition) is 1. The van der Waals surface area contributed by atoms with Crippen molar-refractivity contribution in [1.82, 2.24) is 15.1 Å². The van der Waals surface area contributed by atoms with Crippen LogP contribution in [0.15, 0.2) is 30.3 Å². The maximum atomic E-state index is 12.7. The van der Waals surface area contributed by atoms with Crippen molar-refractivity contribution in [1.29, 1.82) is 0 Å². The van der Waals surface area contributed by atoms with E-state index in [0.29, 0.717) is 19.8 Å². The van der Waals surface area contributed by atoms with Crippen molar-refractivity contribution in [2.45, 2.75) is 12.6 Å². The van der Waals surface area contributed by atoms with Gasteiger partial charge in [-0.1, -0.05) is 30.3 Å². The molecule has 0 aromatic heterocycles. The van der Waals surface area contributed by atoms with Crippen LogP contribution in [0.5, 0.6) is 0 Å². The van der Waals surface area contributed by atoms with Gasteiger partial charge in [-0.25, -0.2) is 0 Å². The molecule has 5 nitrogen and oxygen atoms in total. The molecule has 1 aliphatic heterocycles. The molecule has 21 heavy (non-hydrogen) atoms. The minimum Gasteiger partial charge on any atom is -0.378 e. The van der Waals surface area contributed by atoms with Gasteiger partial charge in [0.05, 0.1) is 13.2 Å². The summed E-state index contributed by atoms with van der Waals surface area (Å²) < 4.78 is 5.41. The quantitative estimate of drug-likeness (QED) is 0.832. The summed E-state index contributed by atoms with van der Waals surface area (Å²) in [7, 11) is 4.04. The maximum absolute atomic E-state index is 12.7. The van der Waals surface area contributed by atoms with Crippen molar-refractivity contribution in [3.8, 4) is 0 Å². The van der Waals surface area contributed by atoms with Crippen molar-refractivity contribution in [2.75, 3.05) is 46.9 Å². The molecule has 1 amide bonds. The summed E-state index contributed by atoms with van der Waals surface area (Å²) in [4.78, 5) is 16.7. The Bertz CT molecular complexity index is 430. The number of benzene rings is 1. The molecule has 1 aromatic rings. The molecule has 116 valence electrons. The Labute approximate surface area is 126 Å². The van der Waals surface area contributed by atoms with Gasteiger partial charge in [-0.3, -0.25) is 4.79 Å². The lowest BCUT2D eigenvalue weighted by Gasteiger charge is -2.31. The van der Waals surface area contributed by atoms with Crippen LogP contribution in [0, 0.1) is 0 Å². The summed E-state index contributed by atoms with van der Waals surface area (Å²) in [5.74, 6) is 0.125. The van der Waals surface area contributed by atoms with Gasteiger partial charge in [0.15, 0.2) is 0 Å². The zero-order chi connectivity index (χ0) is 15.1. The third kappa shape index (κ3) is 5.12. The topological polar surface area (TPSA) is 44.8 Å². The van der Waals surface area contributed by atoms with Crippen LogP contribution >= 0.6 is 0 Å². The number of ether oxygens (including phenoxy) is 1. The van der Waals surface area contributed by atoms with Gasteiger partial charge in [-0.05, 0) is 19.7 Å². The number of likely N-dealkylation sites (N-methyl/N-ethyl adjacent to an activating group) is 1. The summed E-state index contributed by atoms with van der Waals surface area (Å²) in [6.45, 7) is 4.10. The first-order valence-corrected chi connectivity index (χ1v) is 7.45. The Morgan fingerprint density at radius 1 is 1.29 bits per heavy atom. The minimum absolute atomic E-state index is 0.125. The van der Waals surface area contributed by atoms with E-state index in [4.69, 9.17) is 4.74 Å². The number of carbonyl (C=O) groups excluding carboxylic acids is 1. The molecule has 1 fully saturated rings. The third-order valence-corrected chi connectivity index (χ3v) is 3.56. The Morgan fingerprint density at radius 3 is 2.67 bits per heavy atom. The van der Waals surface area contributed by atoms with Crippen LogP contribution in [0.2, 0.25) is 0 Å². The van der Waals surface area contributed by atoms with Crippen molar-refractivity contribution < 1.29 is 9.53 Å². The molecule has 1 saturated heterocycles. The standard InChI is InChI=1S/C16H25N3O2/c1-18(2)9-10-19(12-14-6-4-3-5-7-14)16(20)15-13-21-11-8-17-15/h3-7,15,17H,8-13H2,1-2H3. The smallest absolute Gasteiger partial charge is 0.242 e. The molecule has 1 N–H and O–H groups in total. The number of hydrogen-bond acceptors (Lipinski definition) is 4. The highest BCUT2D eigenvalue weighted by atomic mass is 16.5. The average molecular weight is 291 g/mol. The van der Waals surface area contributed by atoms with Crippen LogP contribution in [0.3, 0.4) is 0 Å². The van der Waals surface area contributed by atoms with Gasteiger partial charge < -0.3 is 19.9 Å². The molecule has 1 aliphatic rings. The number of carbonyl (C=O) groups is 1. The molecular formula is C16H25N3O2. The molecule has 1 aromatic carbocycles. The number of nitrogens with one attached hydrogen (secondary N) is 1. The second kappa shape index (κ2) is 8.12. The summed E-state index contributed by atoms with van der Waals surface area (Å²) in [6.07, 6.45) is 0. The van der Waals surface area contributed by atoms with E-state index in [0.717, 1.165) is 25.2 Å². The predicted octanol–water partition coefficient (Wildman–Crippen LogP) is 0.565. The summed E-state index contributed by atoms with van der Waals surface area (Å²) in [5.41, 5.74) is 1.15. The molecule has 0 saturated carbocycles. The highest BCUT2D eigenvalue weighted by molar-refractivity contribution is 5.82. The molecule has 5 heteroatoms. The molecule has 0 aliphatic carbocycles. The number of morpholine rings is 1. The van der Waals surface area contributed by atoms with E-state index in [9.17, 15) is 4.79 Å². The first kappa shape index (κ1) is 15.9. The van der Waals surface area contributed by atoms with Gasteiger partial charge in [-0.15, -0.1) is 0 Å². The Balaban J connectivity index is 2.01. The molecule has 1 heterocycles. The van der Waals surface area contributed by atoms with Crippen molar-refractivity contribution in [3.05, 3.63) is 35.9 Å². The molecule has 0 radical (unpaired) electrons. The van der Waals surface area contributed by atoms with Crippen molar-refractivity contribution >= 4 is 5.91 Å². The zero-order valence-electron chi connectivity index (χ0n) is 12.9. The SMILES string of the molecule is CN(C)CCN(Cc1ccccc1)C(=O)C1COCCN1. The van der Waals surface area contributed by atoms with Crippen molar-refractivity contribution in [3.63, 3.8) is 0 Å². The van der Waals surface area contributed by atoms with Crippen LogP contribution in [-0.2, 0) is 16.1 Å². The fraction of sp³-hybridized carbons (Fsp3) is 0.562.